The molecule has 0 spiro atoms. The van der Waals surface area contributed by atoms with Gasteiger partial charge in [-0.05, 0) is 34.8 Å². The normalized spacial score (nSPS) is 14.6. The number of rotatable bonds is 3. The Morgan fingerprint density at radius 1 is 1.50 bits per heavy atom. The van der Waals surface area contributed by atoms with Gasteiger partial charge in [0, 0.05) is 22.5 Å². The molecule has 2 rings (SSSR count). The van der Waals surface area contributed by atoms with E-state index in [0.29, 0.717) is 10.2 Å². The van der Waals surface area contributed by atoms with Gasteiger partial charge in [-0.25, -0.2) is 0 Å². The highest BCUT2D eigenvalue weighted by Gasteiger charge is 2.29. The Balaban J connectivity index is 2.15. The number of nitrogens with one attached hydrogen (secondary N) is 1. The van der Waals surface area contributed by atoms with Crippen molar-refractivity contribution >= 4 is 33.2 Å². The standard InChI is InChI=1S/C10H9BrN2O3/c11-8-5-7(13(15)16)3-4-9(8)12-10(14)6-1-2-6/h3-6H,1-2H2,(H,12,14). The minimum absolute atomic E-state index is 0.00343. The van der Waals surface area contributed by atoms with Crippen molar-refractivity contribution in [3.05, 3.63) is 32.8 Å². The lowest BCUT2D eigenvalue weighted by atomic mass is 10.2. The Bertz CT molecular complexity index is 457. The number of benzene rings is 1. The lowest BCUT2D eigenvalue weighted by molar-refractivity contribution is -0.384. The van der Waals surface area contributed by atoms with E-state index in [1.54, 1.807) is 0 Å². The number of carbonyl (C=O) groups is 1. The summed E-state index contributed by atoms with van der Waals surface area (Å²) in [6, 6.07) is 4.28. The number of non-ortho nitro benzene ring substituents is 1. The number of carbonyl (C=O) groups excluding carboxylic acids is 1. The summed E-state index contributed by atoms with van der Waals surface area (Å²) in [5.41, 5.74) is 0.568. The molecule has 5 nitrogen and oxygen atoms in total. The number of nitro groups is 1. The Hall–Kier alpha value is -1.43. The summed E-state index contributed by atoms with van der Waals surface area (Å²) in [7, 11) is 0. The smallest absolute Gasteiger partial charge is 0.270 e. The fourth-order valence-corrected chi connectivity index (χ4v) is 1.77. The molecule has 6 heteroatoms. The van der Waals surface area contributed by atoms with Gasteiger partial charge in [0.15, 0.2) is 0 Å². The van der Waals surface area contributed by atoms with Crippen molar-refractivity contribution < 1.29 is 9.72 Å². The maximum Gasteiger partial charge on any atom is 0.270 e. The van der Waals surface area contributed by atoms with Gasteiger partial charge in [0.05, 0.1) is 10.6 Å². The van der Waals surface area contributed by atoms with Crippen molar-refractivity contribution in [2.45, 2.75) is 12.8 Å². The first-order valence-electron chi connectivity index (χ1n) is 4.83. The molecule has 1 amide bonds. The fraction of sp³-hybridized carbons (Fsp3) is 0.300. The molecule has 84 valence electrons. The molecule has 0 unspecified atom stereocenters. The van der Waals surface area contributed by atoms with E-state index in [0.717, 1.165) is 12.8 Å². The van der Waals surface area contributed by atoms with Gasteiger partial charge < -0.3 is 5.32 Å². The van der Waals surface area contributed by atoms with E-state index in [-0.39, 0.29) is 17.5 Å². The van der Waals surface area contributed by atoms with Crippen molar-refractivity contribution in [1.29, 1.82) is 0 Å². The van der Waals surface area contributed by atoms with Crippen molar-refractivity contribution in [3.8, 4) is 0 Å². The minimum Gasteiger partial charge on any atom is -0.325 e. The van der Waals surface area contributed by atoms with Crippen LogP contribution in [0.25, 0.3) is 0 Å². The fourth-order valence-electron chi connectivity index (χ4n) is 1.30. The molecule has 0 aromatic heterocycles. The zero-order valence-electron chi connectivity index (χ0n) is 8.27. The molecular formula is C10H9BrN2O3. The van der Waals surface area contributed by atoms with Crippen LogP contribution >= 0.6 is 15.9 Å². The van der Waals surface area contributed by atoms with Crippen molar-refractivity contribution in [3.63, 3.8) is 0 Å². The molecule has 0 aliphatic heterocycles. The molecule has 0 radical (unpaired) electrons. The topological polar surface area (TPSA) is 72.2 Å². The maximum absolute atomic E-state index is 11.5. The number of hydrogen-bond donors (Lipinski definition) is 1. The van der Waals surface area contributed by atoms with Gasteiger partial charge in [-0.2, -0.15) is 0 Å². The molecule has 1 fully saturated rings. The number of nitrogens with zero attached hydrogens (tertiary/aromatic N) is 1. The summed E-state index contributed by atoms with van der Waals surface area (Å²) >= 11 is 3.19. The Labute approximate surface area is 100 Å². The zero-order chi connectivity index (χ0) is 11.7. The first-order chi connectivity index (χ1) is 7.58. The van der Waals surface area contributed by atoms with Crippen LogP contribution in [0.2, 0.25) is 0 Å². The van der Waals surface area contributed by atoms with Crippen molar-refractivity contribution in [2.24, 2.45) is 5.92 Å². The number of halogens is 1. The molecule has 1 aliphatic carbocycles. The van der Waals surface area contributed by atoms with Gasteiger partial charge in [0.25, 0.3) is 5.69 Å². The lowest BCUT2D eigenvalue weighted by Crippen LogP contribution is -2.13. The van der Waals surface area contributed by atoms with Crippen LogP contribution in [-0.2, 0) is 4.79 Å². The average Bonchev–Trinajstić information content (AvgIpc) is 3.03. The SMILES string of the molecule is O=C(Nc1ccc([N+](=O)[O-])cc1Br)C1CC1. The summed E-state index contributed by atoms with van der Waals surface area (Å²) < 4.78 is 0.524. The number of anilines is 1. The molecule has 1 aromatic rings. The number of hydrogen-bond acceptors (Lipinski definition) is 3. The molecular weight excluding hydrogens is 276 g/mol. The highest BCUT2D eigenvalue weighted by atomic mass is 79.9. The van der Waals surface area contributed by atoms with Gasteiger partial charge >= 0.3 is 0 Å². The molecule has 1 N–H and O–H groups in total. The van der Waals surface area contributed by atoms with E-state index >= 15 is 0 Å². The number of amides is 1. The predicted molar refractivity (Wildman–Crippen MR) is 62.2 cm³/mol. The summed E-state index contributed by atoms with van der Waals surface area (Å²) in [4.78, 5) is 21.5. The van der Waals surface area contributed by atoms with E-state index in [9.17, 15) is 14.9 Å². The third-order valence-corrected chi connectivity index (χ3v) is 3.03. The highest BCUT2D eigenvalue weighted by Crippen LogP contribution is 2.32. The summed E-state index contributed by atoms with van der Waals surface area (Å²) in [5.74, 6) is 0.0941. The summed E-state index contributed by atoms with van der Waals surface area (Å²) in [6.07, 6.45) is 1.85. The van der Waals surface area contributed by atoms with E-state index in [1.807, 2.05) is 0 Å². The van der Waals surface area contributed by atoms with Gasteiger partial charge in [0.1, 0.15) is 0 Å². The third-order valence-electron chi connectivity index (χ3n) is 2.37. The first kappa shape index (κ1) is 11.1. The molecule has 0 saturated heterocycles. The molecule has 1 aliphatic rings. The molecule has 0 bridgehead atoms. The van der Waals surface area contributed by atoms with Crippen LogP contribution in [0.4, 0.5) is 11.4 Å². The summed E-state index contributed by atoms with van der Waals surface area (Å²) in [6.45, 7) is 0. The first-order valence-corrected chi connectivity index (χ1v) is 5.62. The van der Waals surface area contributed by atoms with Crippen LogP contribution < -0.4 is 5.32 Å². The third kappa shape index (κ3) is 2.38. The van der Waals surface area contributed by atoms with E-state index in [1.165, 1.54) is 18.2 Å². The monoisotopic (exact) mass is 284 g/mol. The van der Waals surface area contributed by atoms with Gasteiger partial charge in [-0.3, -0.25) is 14.9 Å². The quantitative estimate of drug-likeness (QED) is 0.685. The van der Waals surface area contributed by atoms with Crippen LogP contribution in [-0.4, -0.2) is 10.8 Å². The van der Waals surface area contributed by atoms with Crippen LogP contribution in [0.15, 0.2) is 22.7 Å². The van der Waals surface area contributed by atoms with Gasteiger partial charge in [-0.1, -0.05) is 0 Å². The van der Waals surface area contributed by atoms with Crippen LogP contribution in [0, 0.1) is 16.0 Å². The molecule has 1 saturated carbocycles. The minimum atomic E-state index is -0.475. The summed E-state index contributed by atoms with van der Waals surface area (Å²) in [5, 5.41) is 13.2. The molecule has 1 aromatic carbocycles. The second kappa shape index (κ2) is 4.21. The van der Waals surface area contributed by atoms with Crippen LogP contribution in [0.1, 0.15) is 12.8 Å². The average molecular weight is 285 g/mol. The highest BCUT2D eigenvalue weighted by molar-refractivity contribution is 9.10. The van der Waals surface area contributed by atoms with Crippen LogP contribution in [0.3, 0.4) is 0 Å². The Morgan fingerprint density at radius 2 is 2.19 bits per heavy atom. The second-order valence-corrected chi connectivity index (χ2v) is 4.54. The van der Waals surface area contributed by atoms with E-state index in [4.69, 9.17) is 0 Å². The Morgan fingerprint density at radius 3 is 2.69 bits per heavy atom. The van der Waals surface area contributed by atoms with E-state index < -0.39 is 4.92 Å². The van der Waals surface area contributed by atoms with Gasteiger partial charge in [0.2, 0.25) is 5.91 Å². The number of nitro benzene ring substituents is 1. The van der Waals surface area contributed by atoms with Crippen LogP contribution in [0.5, 0.6) is 0 Å². The molecule has 16 heavy (non-hydrogen) atoms. The lowest BCUT2D eigenvalue weighted by Gasteiger charge is -2.05. The molecule has 0 atom stereocenters. The van der Waals surface area contributed by atoms with Crippen molar-refractivity contribution in [2.75, 3.05) is 5.32 Å². The predicted octanol–water partition coefficient (Wildman–Crippen LogP) is 2.71. The zero-order valence-corrected chi connectivity index (χ0v) is 9.86. The maximum atomic E-state index is 11.5. The Kier molecular flexibility index (Phi) is 2.91. The van der Waals surface area contributed by atoms with Gasteiger partial charge in [-0.15, -0.1) is 0 Å². The van der Waals surface area contributed by atoms with Crippen molar-refractivity contribution in [1.82, 2.24) is 0 Å². The second-order valence-electron chi connectivity index (χ2n) is 3.68. The molecule has 0 heterocycles. The largest absolute Gasteiger partial charge is 0.325 e. The van der Waals surface area contributed by atoms with E-state index in [2.05, 4.69) is 21.2 Å².